The van der Waals surface area contributed by atoms with E-state index in [1.54, 1.807) is 41.3 Å². The predicted molar refractivity (Wildman–Crippen MR) is 111 cm³/mol. The number of benzene rings is 3. The van der Waals surface area contributed by atoms with Crippen LogP contribution >= 0.6 is 0 Å². The van der Waals surface area contributed by atoms with Crippen molar-refractivity contribution in [3.63, 3.8) is 0 Å². The lowest BCUT2D eigenvalue weighted by Crippen LogP contribution is -2.43. The number of phenolic OH excluding ortho intramolecular Hbond substituents is 1. The van der Waals surface area contributed by atoms with Crippen LogP contribution in [0.3, 0.4) is 0 Å². The number of hydrogen-bond acceptors (Lipinski definition) is 6. The summed E-state index contributed by atoms with van der Waals surface area (Å²) in [6.45, 7) is 2.43. The molecular formula is C23H20N2O5. The second kappa shape index (κ2) is 7.18. The predicted octanol–water partition coefficient (Wildman–Crippen LogP) is 4.29. The topological polar surface area (TPSA) is 80.3 Å². The molecule has 5 rings (SSSR count). The molecule has 2 aliphatic heterocycles. The highest BCUT2D eigenvalue weighted by Crippen LogP contribution is 2.42. The van der Waals surface area contributed by atoms with E-state index in [0.717, 1.165) is 11.3 Å². The van der Waals surface area contributed by atoms with E-state index >= 15 is 0 Å². The Morgan fingerprint density at radius 2 is 1.93 bits per heavy atom. The Hall–Kier alpha value is -3.87. The zero-order chi connectivity index (χ0) is 20.7. The van der Waals surface area contributed by atoms with Crippen LogP contribution in [0.2, 0.25) is 0 Å². The summed E-state index contributed by atoms with van der Waals surface area (Å²) in [5, 5.41) is 13.6. The molecule has 0 aromatic heterocycles. The zero-order valence-corrected chi connectivity index (χ0v) is 16.3. The number of fused-ring (bicyclic) bond motifs is 2. The number of anilines is 2. The molecule has 0 fully saturated rings. The quantitative estimate of drug-likeness (QED) is 0.675. The van der Waals surface area contributed by atoms with E-state index in [2.05, 4.69) is 5.32 Å². The molecule has 7 heteroatoms. The third kappa shape index (κ3) is 2.95. The zero-order valence-electron chi connectivity index (χ0n) is 16.3. The number of carbonyl (C=O) groups is 1. The van der Waals surface area contributed by atoms with E-state index in [-0.39, 0.29) is 18.4 Å². The normalized spacial score (nSPS) is 16.8. The number of aromatic hydroxyl groups is 1. The van der Waals surface area contributed by atoms with Crippen molar-refractivity contribution < 1.29 is 24.1 Å². The van der Waals surface area contributed by atoms with Crippen LogP contribution in [0.15, 0.2) is 60.7 Å². The maximum atomic E-state index is 13.5. The molecule has 0 unspecified atom stereocenters. The molecule has 2 N–H and O–H groups in total. The monoisotopic (exact) mass is 404 g/mol. The highest BCUT2D eigenvalue weighted by Gasteiger charge is 2.35. The van der Waals surface area contributed by atoms with E-state index < -0.39 is 6.17 Å². The molecule has 152 valence electrons. The molecule has 0 spiro atoms. The minimum Gasteiger partial charge on any atom is -0.504 e. The Labute approximate surface area is 173 Å². The summed E-state index contributed by atoms with van der Waals surface area (Å²) in [5.74, 6) is 1.53. The first-order valence-electron chi connectivity index (χ1n) is 9.70. The Morgan fingerprint density at radius 3 is 2.80 bits per heavy atom. The van der Waals surface area contributed by atoms with Crippen LogP contribution in [0.5, 0.6) is 23.0 Å². The van der Waals surface area contributed by atoms with Crippen LogP contribution in [0.4, 0.5) is 11.4 Å². The van der Waals surface area contributed by atoms with Crippen molar-refractivity contribution in [1.29, 1.82) is 0 Å². The van der Waals surface area contributed by atoms with Crippen LogP contribution in [0, 0.1) is 0 Å². The number of hydrogen-bond donors (Lipinski definition) is 2. The minimum absolute atomic E-state index is 0.0535. The minimum atomic E-state index is -0.507. The molecule has 0 bridgehead atoms. The van der Waals surface area contributed by atoms with Gasteiger partial charge in [-0.2, -0.15) is 0 Å². The summed E-state index contributed by atoms with van der Waals surface area (Å²) in [5.41, 5.74) is 2.77. The molecule has 2 aliphatic rings. The van der Waals surface area contributed by atoms with E-state index in [1.807, 2.05) is 31.2 Å². The molecule has 3 aromatic rings. The summed E-state index contributed by atoms with van der Waals surface area (Å²) in [7, 11) is 0. The molecule has 0 radical (unpaired) electrons. The van der Waals surface area contributed by atoms with Crippen molar-refractivity contribution in [2.24, 2.45) is 0 Å². The van der Waals surface area contributed by atoms with Crippen molar-refractivity contribution in [2.45, 2.75) is 13.1 Å². The van der Waals surface area contributed by atoms with Gasteiger partial charge in [-0.3, -0.25) is 9.69 Å². The number of phenols is 1. The number of ether oxygens (including phenoxy) is 3. The number of nitrogens with zero attached hydrogens (tertiary/aromatic N) is 1. The third-order valence-electron chi connectivity index (χ3n) is 5.16. The Kier molecular flexibility index (Phi) is 4.35. The van der Waals surface area contributed by atoms with Crippen molar-refractivity contribution in [3.8, 4) is 23.0 Å². The van der Waals surface area contributed by atoms with Gasteiger partial charge in [-0.25, -0.2) is 0 Å². The van der Waals surface area contributed by atoms with Crippen LogP contribution in [-0.4, -0.2) is 24.4 Å². The average Bonchev–Trinajstić information content (AvgIpc) is 3.23. The molecule has 7 nitrogen and oxygen atoms in total. The maximum absolute atomic E-state index is 13.5. The third-order valence-corrected chi connectivity index (χ3v) is 5.16. The molecular weight excluding hydrogens is 384 g/mol. The Bertz CT molecular complexity index is 1130. The van der Waals surface area contributed by atoms with Crippen LogP contribution in [0.1, 0.15) is 29.0 Å². The molecule has 3 aromatic carbocycles. The van der Waals surface area contributed by atoms with Crippen molar-refractivity contribution in [1.82, 2.24) is 0 Å². The second-order valence-corrected chi connectivity index (χ2v) is 6.97. The van der Waals surface area contributed by atoms with Gasteiger partial charge in [-0.15, -0.1) is 0 Å². The number of rotatable bonds is 4. The van der Waals surface area contributed by atoms with E-state index in [0.29, 0.717) is 35.1 Å². The van der Waals surface area contributed by atoms with Gasteiger partial charge in [0.25, 0.3) is 5.91 Å². The van der Waals surface area contributed by atoms with Crippen LogP contribution in [0.25, 0.3) is 0 Å². The fourth-order valence-corrected chi connectivity index (χ4v) is 3.76. The van der Waals surface area contributed by atoms with Gasteiger partial charge < -0.3 is 24.6 Å². The van der Waals surface area contributed by atoms with Gasteiger partial charge in [0, 0.05) is 11.8 Å². The van der Waals surface area contributed by atoms with E-state index in [1.165, 1.54) is 0 Å². The lowest BCUT2D eigenvalue weighted by atomic mass is 10.0. The molecule has 30 heavy (non-hydrogen) atoms. The lowest BCUT2D eigenvalue weighted by molar-refractivity contribution is 0.0975. The van der Waals surface area contributed by atoms with Gasteiger partial charge in [0.15, 0.2) is 23.0 Å². The molecule has 1 atom stereocenters. The highest BCUT2D eigenvalue weighted by atomic mass is 16.7. The first kappa shape index (κ1) is 18.2. The Morgan fingerprint density at radius 1 is 1.10 bits per heavy atom. The van der Waals surface area contributed by atoms with Gasteiger partial charge in [0.1, 0.15) is 6.17 Å². The van der Waals surface area contributed by atoms with Crippen molar-refractivity contribution in [3.05, 3.63) is 71.8 Å². The van der Waals surface area contributed by atoms with Gasteiger partial charge >= 0.3 is 0 Å². The van der Waals surface area contributed by atoms with Gasteiger partial charge in [0.2, 0.25) is 6.79 Å². The summed E-state index contributed by atoms with van der Waals surface area (Å²) in [6, 6.07) is 17.9. The molecule has 2 heterocycles. The SMILES string of the molecule is CCOc1cc([C@@H]2Nc3ccccc3C(=O)N2c2ccc3c(c2)OCO3)ccc1O. The molecule has 0 saturated carbocycles. The van der Waals surface area contributed by atoms with Crippen LogP contribution in [-0.2, 0) is 0 Å². The average molecular weight is 404 g/mol. The molecule has 1 amide bonds. The second-order valence-electron chi connectivity index (χ2n) is 6.97. The summed E-state index contributed by atoms with van der Waals surface area (Å²) in [4.78, 5) is 15.2. The molecule has 0 saturated heterocycles. The first-order valence-corrected chi connectivity index (χ1v) is 9.70. The van der Waals surface area contributed by atoms with Crippen molar-refractivity contribution in [2.75, 3.05) is 23.6 Å². The first-order chi connectivity index (χ1) is 14.7. The van der Waals surface area contributed by atoms with Gasteiger partial charge in [-0.05, 0) is 48.9 Å². The molecule has 0 aliphatic carbocycles. The largest absolute Gasteiger partial charge is 0.504 e. The smallest absolute Gasteiger partial charge is 0.262 e. The highest BCUT2D eigenvalue weighted by molar-refractivity contribution is 6.12. The summed E-state index contributed by atoms with van der Waals surface area (Å²) >= 11 is 0. The fraction of sp³-hybridized carbons (Fsp3) is 0.174. The van der Waals surface area contributed by atoms with E-state index in [4.69, 9.17) is 14.2 Å². The standard InChI is InChI=1S/C23H20N2O5/c1-2-28-20-11-14(7-9-18(20)26)22-24-17-6-4-3-5-16(17)23(27)25(22)15-8-10-19-21(12-15)30-13-29-19/h3-12,22,24,26H,2,13H2,1H3/t22-/m1/s1. The van der Waals surface area contributed by atoms with Crippen LogP contribution < -0.4 is 24.4 Å². The maximum Gasteiger partial charge on any atom is 0.262 e. The number of nitrogens with one attached hydrogen (secondary N) is 1. The lowest BCUT2D eigenvalue weighted by Gasteiger charge is -2.38. The van der Waals surface area contributed by atoms with Gasteiger partial charge in [0.05, 0.1) is 17.9 Å². The van der Waals surface area contributed by atoms with Gasteiger partial charge in [-0.1, -0.05) is 18.2 Å². The van der Waals surface area contributed by atoms with E-state index in [9.17, 15) is 9.90 Å². The number of carbonyl (C=O) groups excluding carboxylic acids is 1. The van der Waals surface area contributed by atoms with Crippen molar-refractivity contribution >= 4 is 17.3 Å². The fourth-order valence-electron chi connectivity index (χ4n) is 3.76. The Balaban J connectivity index is 1.63. The number of amides is 1. The summed E-state index contributed by atoms with van der Waals surface area (Å²) < 4.78 is 16.5. The number of para-hydroxylation sites is 1. The summed E-state index contributed by atoms with van der Waals surface area (Å²) in [6.07, 6.45) is -0.507.